The zero-order valence-electron chi connectivity index (χ0n) is 19.9. The van der Waals surface area contributed by atoms with Crippen molar-refractivity contribution in [2.75, 3.05) is 31.5 Å². The smallest absolute Gasteiger partial charge is 0.225 e. The van der Waals surface area contributed by atoms with E-state index in [9.17, 15) is 4.79 Å². The number of guanidine groups is 1. The molecule has 2 aliphatic rings. The van der Waals surface area contributed by atoms with Gasteiger partial charge >= 0.3 is 0 Å². The Morgan fingerprint density at radius 1 is 1.06 bits per heavy atom. The fourth-order valence-corrected chi connectivity index (χ4v) is 4.64. The maximum absolute atomic E-state index is 12.1. The lowest BCUT2D eigenvalue weighted by atomic mass is 9.90. The third kappa shape index (κ3) is 6.57. The minimum Gasteiger partial charge on any atom is -0.357 e. The molecule has 0 aliphatic carbocycles. The first-order valence-corrected chi connectivity index (χ1v) is 12.3. The first-order chi connectivity index (χ1) is 16.1. The third-order valence-electron chi connectivity index (χ3n) is 6.69. The second-order valence-electron chi connectivity index (χ2n) is 9.39. The molecule has 2 aromatic rings. The van der Waals surface area contributed by atoms with Gasteiger partial charge in [0.2, 0.25) is 5.91 Å². The van der Waals surface area contributed by atoms with E-state index in [1.807, 2.05) is 18.2 Å². The van der Waals surface area contributed by atoms with Gasteiger partial charge in [0.1, 0.15) is 0 Å². The minimum absolute atomic E-state index is 0.0709. The molecule has 0 radical (unpaired) electrons. The van der Waals surface area contributed by atoms with Crippen LogP contribution in [0.5, 0.6) is 0 Å². The molecule has 1 fully saturated rings. The van der Waals surface area contributed by atoms with Gasteiger partial charge in [-0.2, -0.15) is 0 Å². The summed E-state index contributed by atoms with van der Waals surface area (Å²) >= 11 is 0. The van der Waals surface area contributed by atoms with Crippen LogP contribution >= 0.6 is 0 Å². The number of aliphatic imine (C=N–C) groups is 1. The summed E-state index contributed by atoms with van der Waals surface area (Å²) in [5.74, 6) is 1.86. The quantitative estimate of drug-likeness (QED) is 0.442. The molecule has 1 atom stereocenters. The number of anilines is 1. The standard InChI is InChI=1S/C27H37N5O/c1-3-28-27(30-18-23-16-26(33)31-25-7-5-4-6-24(23)25)29-17-21-8-10-22(11-9-21)19-32-14-12-20(2)13-15-32/h4-11,20,23H,3,12-19H2,1-2H3,(H,31,33)(H2,28,29,30). The molecule has 6 heteroatoms. The summed E-state index contributed by atoms with van der Waals surface area (Å²) in [4.78, 5) is 19.4. The Morgan fingerprint density at radius 3 is 2.55 bits per heavy atom. The molecular formula is C27H37N5O. The van der Waals surface area contributed by atoms with E-state index in [-0.39, 0.29) is 11.8 Å². The molecule has 2 heterocycles. The van der Waals surface area contributed by atoms with Crippen molar-refractivity contribution in [1.29, 1.82) is 0 Å². The third-order valence-corrected chi connectivity index (χ3v) is 6.69. The first kappa shape index (κ1) is 23.3. The second kappa shape index (κ2) is 11.3. The molecule has 2 aliphatic heterocycles. The number of nitrogens with one attached hydrogen (secondary N) is 3. The number of para-hydroxylation sites is 1. The van der Waals surface area contributed by atoms with Crippen molar-refractivity contribution in [1.82, 2.24) is 15.5 Å². The van der Waals surface area contributed by atoms with Crippen LogP contribution in [0.2, 0.25) is 0 Å². The zero-order chi connectivity index (χ0) is 23.0. The number of piperidine rings is 1. The van der Waals surface area contributed by atoms with Crippen molar-refractivity contribution in [3.8, 4) is 0 Å². The van der Waals surface area contributed by atoms with Crippen molar-refractivity contribution in [3.05, 3.63) is 65.2 Å². The minimum atomic E-state index is 0.0709. The van der Waals surface area contributed by atoms with Crippen LogP contribution in [-0.2, 0) is 17.9 Å². The van der Waals surface area contributed by atoms with Gasteiger partial charge in [0, 0.05) is 37.7 Å². The highest BCUT2D eigenvalue weighted by atomic mass is 16.1. The van der Waals surface area contributed by atoms with Crippen LogP contribution < -0.4 is 16.0 Å². The second-order valence-corrected chi connectivity index (χ2v) is 9.39. The number of hydrogen-bond acceptors (Lipinski definition) is 3. The Labute approximate surface area is 197 Å². The predicted octanol–water partition coefficient (Wildman–Crippen LogP) is 4.10. The van der Waals surface area contributed by atoms with E-state index >= 15 is 0 Å². The van der Waals surface area contributed by atoms with Gasteiger partial charge in [0.15, 0.2) is 5.96 Å². The highest BCUT2D eigenvalue weighted by Gasteiger charge is 2.24. The molecular weight excluding hydrogens is 410 g/mol. The average molecular weight is 448 g/mol. The molecule has 3 N–H and O–H groups in total. The van der Waals surface area contributed by atoms with Gasteiger partial charge in [-0.05, 0) is 61.5 Å². The molecule has 4 rings (SSSR count). The molecule has 1 saturated heterocycles. The predicted molar refractivity (Wildman–Crippen MR) is 135 cm³/mol. The van der Waals surface area contributed by atoms with Crippen LogP contribution in [0.3, 0.4) is 0 Å². The van der Waals surface area contributed by atoms with E-state index < -0.39 is 0 Å². The largest absolute Gasteiger partial charge is 0.357 e. The molecule has 1 amide bonds. The topological polar surface area (TPSA) is 68.8 Å². The molecule has 0 saturated carbocycles. The van der Waals surface area contributed by atoms with Gasteiger partial charge in [-0.15, -0.1) is 0 Å². The molecule has 2 aromatic carbocycles. The maximum atomic E-state index is 12.1. The molecule has 0 bridgehead atoms. The van der Waals surface area contributed by atoms with Crippen LogP contribution in [-0.4, -0.2) is 42.9 Å². The van der Waals surface area contributed by atoms with E-state index in [0.717, 1.165) is 30.7 Å². The van der Waals surface area contributed by atoms with E-state index in [1.165, 1.54) is 42.6 Å². The monoisotopic (exact) mass is 447 g/mol. The van der Waals surface area contributed by atoms with Crippen molar-refractivity contribution in [2.45, 2.75) is 52.1 Å². The molecule has 6 nitrogen and oxygen atoms in total. The fourth-order valence-electron chi connectivity index (χ4n) is 4.64. The number of fused-ring (bicyclic) bond motifs is 1. The molecule has 33 heavy (non-hydrogen) atoms. The number of likely N-dealkylation sites (tertiary alicyclic amines) is 1. The Hall–Kier alpha value is -2.86. The summed E-state index contributed by atoms with van der Waals surface area (Å²) in [5, 5.41) is 9.74. The van der Waals surface area contributed by atoms with E-state index in [4.69, 9.17) is 4.99 Å². The molecule has 176 valence electrons. The normalized spacial score (nSPS) is 19.6. The summed E-state index contributed by atoms with van der Waals surface area (Å²) in [6.45, 7) is 9.96. The summed E-state index contributed by atoms with van der Waals surface area (Å²) < 4.78 is 0. The van der Waals surface area contributed by atoms with E-state index in [2.05, 4.69) is 65.0 Å². The Morgan fingerprint density at radius 2 is 1.79 bits per heavy atom. The van der Waals surface area contributed by atoms with Crippen molar-refractivity contribution < 1.29 is 4.79 Å². The van der Waals surface area contributed by atoms with E-state index in [0.29, 0.717) is 19.5 Å². The lowest BCUT2D eigenvalue weighted by Gasteiger charge is -2.30. The molecule has 0 aromatic heterocycles. The fraction of sp³-hybridized carbons (Fsp3) is 0.481. The van der Waals surface area contributed by atoms with Gasteiger partial charge in [-0.25, -0.2) is 4.99 Å². The number of rotatable bonds is 7. The van der Waals surface area contributed by atoms with Gasteiger partial charge in [-0.3, -0.25) is 9.69 Å². The number of nitrogens with zero attached hydrogens (tertiary/aromatic N) is 2. The van der Waals surface area contributed by atoms with Crippen LogP contribution in [0, 0.1) is 5.92 Å². The van der Waals surface area contributed by atoms with E-state index in [1.54, 1.807) is 0 Å². The first-order valence-electron chi connectivity index (χ1n) is 12.3. The number of carbonyl (C=O) groups excluding carboxylic acids is 1. The van der Waals surface area contributed by atoms with Gasteiger partial charge < -0.3 is 16.0 Å². The number of benzene rings is 2. The zero-order valence-corrected chi connectivity index (χ0v) is 19.9. The number of hydrogen-bond donors (Lipinski definition) is 3. The van der Waals surface area contributed by atoms with Crippen LogP contribution in [0.15, 0.2) is 53.5 Å². The van der Waals surface area contributed by atoms with Crippen LogP contribution in [0.4, 0.5) is 5.69 Å². The summed E-state index contributed by atoms with van der Waals surface area (Å²) in [5.41, 5.74) is 4.67. The Bertz CT molecular complexity index is 947. The maximum Gasteiger partial charge on any atom is 0.225 e. The number of amides is 1. The lowest BCUT2D eigenvalue weighted by Crippen LogP contribution is -2.40. The Kier molecular flexibility index (Phi) is 8.00. The Balaban J connectivity index is 1.32. The van der Waals surface area contributed by atoms with Gasteiger partial charge in [0.25, 0.3) is 0 Å². The average Bonchev–Trinajstić information content (AvgIpc) is 2.83. The van der Waals surface area contributed by atoms with Crippen molar-refractivity contribution >= 4 is 17.6 Å². The highest BCUT2D eigenvalue weighted by molar-refractivity contribution is 5.94. The van der Waals surface area contributed by atoms with Crippen molar-refractivity contribution in [3.63, 3.8) is 0 Å². The SMILES string of the molecule is CCNC(=NCc1ccc(CN2CCC(C)CC2)cc1)NCC1CC(=O)Nc2ccccc21. The van der Waals surface area contributed by atoms with Crippen LogP contribution in [0.1, 0.15) is 55.7 Å². The summed E-state index contributed by atoms with van der Waals surface area (Å²) in [7, 11) is 0. The van der Waals surface area contributed by atoms with Gasteiger partial charge in [-0.1, -0.05) is 49.4 Å². The number of carbonyl (C=O) groups is 1. The summed E-state index contributed by atoms with van der Waals surface area (Å²) in [6, 6.07) is 16.9. The highest BCUT2D eigenvalue weighted by Crippen LogP contribution is 2.31. The lowest BCUT2D eigenvalue weighted by molar-refractivity contribution is -0.116. The van der Waals surface area contributed by atoms with Gasteiger partial charge in [0.05, 0.1) is 6.54 Å². The summed E-state index contributed by atoms with van der Waals surface area (Å²) in [6.07, 6.45) is 3.11. The van der Waals surface area contributed by atoms with Crippen molar-refractivity contribution in [2.24, 2.45) is 10.9 Å². The molecule has 0 spiro atoms. The van der Waals surface area contributed by atoms with Crippen LogP contribution in [0.25, 0.3) is 0 Å². The molecule has 1 unspecified atom stereocenters.